The predicted molar refractivity (Wildman–Crippen MR) is 102 cm³/mol. The highest BCUT2D eigenvalue weighted by Gasteiger charge is 2.15. The lowest BCUT2D eigenvalue weighted by Crippen LogP contribution is -2.10. The van der Waals surface area contributed by atoms with E-state index in [4.69, 9.17) is 12.2 Å². The van der Waals surface area contributed by atoms with Gasteiger partial charge in [-0.3, -0.25) is 9.67 Å². The van der Waals surface area contributed by atoms with E-state index in [1.807, 2.05) is 4.57 Å². The van der Waals surface area contributed by atoms with Crippen molar-refractivity contribution in [1.29, 1.82) is 0 Å². The molecule has 24 heavy (non-hydrogen) atoms. The topological polar surface area (TPSA) is 33.6 Å². The molecule has 0 atom stereocenters. The number of aromatic nitrogens is 3. The van der Waals surface area contributed by atoms with Crippen molar-refractivity contribution >= 4 is 12.2 Å². The Morgan fingerprint density at radius 2 is 1.54 bits per heavy atom. The molecule has 0 saturated heterocycles. The van der Waals surface area contributed by atoms with E-state index in [1.165, 1.54) is 16.7 Å². The van der Waals surface area contributed by atoms with Crippen LogP contribution in [0.15, 0.2) is 42.5 Å². The molecule has 0 saturated carbocycles. The lowest BCUT2D eigenvalue weighted by atomic mass is 9.87. The van der Waals surface area contributed by atoms with E-state index < -0.39 is 0 Å². The average molecular weight is 337 g/mol. The van der Waals surface area contributed by atoms with E-state index in [1.54, 1.807) is 0 Å². The zero-order valence-electron chi connectivity index (χ0n) is 14.8. The number of aromatic amines is 1. The Morgan fingerprint density at radius 3 is 2.08 bits per heavy atom. The molecule has 0 unspecified atom stereocenters. The number of hydrogen-bond acceptors (Lipinski definition) is 2. The highest BCUT2D eigenvalue weighted by Crippen LogP contribution is 2.27. The molecule has 0 spiro atoms. The van der Waals surface area contributed by atoms with Gasteiger partial charge in [0.2, 0.25) is 0 Å². The fourth-order valence-electron chi connectivity index (χ4n) is 2.93. The van der Waals surface area contributed by atoms with E-state index in [9.17, 15) is 0 Å². The quantitative estimate of drug-likeness (QED) is 0.625. The van der Waals surface area contributed by atoms with Gasteiger partial charge in [-0.1, -0.05) is 51.1 Å². The summed E-state index contributed by atoms with van der Waals surface area (Å²) in [5.74, 6) is 0.838. The second-order valence-corrected chi connectivity index (χ2v) is 7.75. The maximum atomic E-state index is 5.47. The van der Waals surface area contributed by atoms with E-state index in [-0.39, 0.29) is 5.41 Å². The summed E-state index contributed by atoms with van der Waals surface area (Å²) >= 11 is 5.47. The molecule has 1 aromatic heterocycles. The van der Waals surface area contributed by atoms with Crippen LogP contribution in [-0.4, -0.2) is 14.8 Å². The first-order chi connectivity index (χ1) is 11.3. The van der Waals surface area contributed by atoms with Gasteiger partial charge in [-0.25, -0.2) is 0 Å². The fourth-order valence-corrected chi connectivity index (χ4v) is 3.17. The first-order valence-electron chi connectivity index (χ1n) is 8.13. The Kier molecular flexibility index (Phi) is 4.18. The number of H-pyrrole nitrogens is 1. The first-order valence-corrected chi connectivity index (χ1v) is 8.53. The molecule has 0 aliphatic carbocycles. The van der Waals surface area contributed by atoms with Gasteiger partial charge in [-0.15, -0.1) is 0 Å². The second-order valence-electron chi connectivity index (χ2n) is 7.36. The van der Waals surface area contributed by atoms with Gasteiger partial charge in [-0.2, -0.15) is 5.10 Å². The molecule has 4 heteroatoms. The van der Waals surface area contributed by atoms with Crippen LogP contribution in [0.3, 0.4) is 0 Å². The third-order valence-electron chi connectivity index (χ3n) is 4.15. The van der Waals surface area contributed by atoms with Crippen molar-refractivity contribution in [2.45, 2.75) is 40.0 Å². The van der Waals surface area contributed by atoms with Crippen LogP contribution in [0.1, 0.15) is 37.5 Å². The Morgan fingerprint density at radius 1 is 0.958 bits per heavy atom. The molecule has 124 valence electrons. The smallest absolute Gasteiger partial charge is 0.200 e. The molecular weight excluding hydrogens is 314 g/mol. The van der Waals surface area contributed by atoms with Crippen LogP contribution in [-0.2, 0) is 5.41 Å². The summed E-state index contributed by atoms with van der Waals surface area (Å²) in [5.41, 5.74) is 5.95. The minimum atomic E-state index is 0.136. The van der Waals surface area contributed by atoms with Crippen LogP contribution >= 0.6 is 12.2 Å². The molecule has 3 rings (SSSR count). The van der Waals surface area contributed by atoms with Gasteiger partial charge in [0, 0.05) is 5.56 Å². The van der Waals surface area contributed by atoms with E-state index in [0.29, 0.717) is 4.77 Å². The Balaban J connectivity index is 2.12. The molecule has 3 nitrogen and oxygen atoms in total. The van der Waals surface area contributed by atoms with Gasteiger partial charge in [-0.05, 0) is 60.3 Å². The van der Waals surface area contributed by atoms with Crippen LogP contribution in [0.2, 0.25) is 0 Å². The predicted octanol–water partition coefficient (Wildman–Crippen LogP) is 5.51. The molecule has 0 radical (unpaired) electrons. The summed E-state index contributed by atoms with van der Waals surface area (Å²) in [5, 5.41) is 7.39. The van der Waals surface area contributed by atoms with E-state index in [2.05, 4.69) is 87.3 Å². The monoisotopic (exact) mass is 337 g/mol. The molecule has 1 heterocycles. The Hall–Kier alpha value is -2.20. The molecule has 2 aromatic carbocycles. The number of aryl methyl sites for hydroxylation is 2. The van der Waals surface area contributed by atoms with Crippen molar-refractivity contribution in [3.8, 4) is 17.1 Å². The second kappa shape index (κ2) is 6.02. The van der Waals surface area contributed by atoms with E-state index >= 15 is 0 Å². The van der Waals surface area contributed by atoms with Crippen LogP contribution in [0.4, 0.5) is 0 Å². The minimum Gasteiger partial charge on any atom is -0.268 e. The van der Waals surface area contributed by atoms with Crippen molar-refractivity contribution in [2.24, 2.45) is 0 Å². The highest BCUT2D eigenvalue weighted by molar-refractivity contribution is 7.71. The summed E-state index contributed by atoms with van der Waals surface area (Å²) in [4.78, 5) is 0. The van der Waals surface area contributed by atoms with Crippen molar-refractivity contribution in [1.82, 2.24) is 14.8 Å². The number of nitrogens with zero attached hydrogens (tertiary/aromatic N) is 2. The minimum absolute atomic E-state index is 0.136. The van der Waals surface area contributed by atoms with Gasteiger partial charge < -0.3 is 0 Å². The zero-order valence-corrected chi connectivity index (χ0v) is 15.7. The summed E-state index contributed by atoms with van der Waals surface area (Å²) in [6.45, 7) is 10.8. The van der Waals surface area contributed by atoms with Crippen LogP contribution in [0, 0.1) is 18.6 Å². The fraction of sp³-hybridized carbons (Fsp3) is 0.300. The summed E-state index contributed by atoms with van der Waals surface area (Å²) in [7, 11) is 0. The van der Waals surface area contributed by atoms with Crippen molar-refractivity contribution < 1.29 is 0 Å². The van der Waals surface area contributed by atoms with Crippen LogP contribution < -0.4 is 0 Å². The zero-order chi connectivity index (χ0) is 17.5. The average Bonchev–Trinajstić information content (AvgIpc) is 2.87. The molecule has 0 aliphatic heterocycles. The third-order valence-corrected chi connectivity index (χ3v) is 4.42. The van der Waals surface area contributed by atoms with Crippen LogP contribution in [0.5, 0.6) is 0 Å². The normalized spacial score (nSPS) is 11.7. The molecule has 3 aromatic rings. The maximum absolute atomic E-state index is 5.47. The van der Waals surface area contributed by atoms with Gasteiger partial charge in [0.15, 0.2) is 10.6 Å². The van der Waals surface area contributed by atoms with Gasteiger partial charge in [0.25, 0.3) is 0 Å². The standard InChI is InChI=1S/C20H23N3S/c1-13-10-14(2)12-17(11-13)23-18(21-22-19(23)24)15-6-8-16(9-7-15)20(3,4)5/h6-12H,1-5H3,(H,22,24). The van der Waals surface area contributed by atoms with Crippen molar-refractivity contribution in [3.05, 3.63) is 63.9 Å². The maximum Gasteiger partial charge on any atom is 0.200 e. The van der Waals surface area contributed by atoms with Crippen molar-refractivity contribution in [2.75, 3.05) is 0 Å². The third kappa shape index (κ3) is 3.20. The molecule has 1 N–H and O–H groups in total. The lowest BCUT2D eigenvalue weighted by Gasteiger charge is -2.19. The molecular formula is C20H23N3S. The number of hydrogen-bond donors (Lipinski definition) is 1. The Labute approximate surface area is 148 Å². The molecule has 0 amide bonds. The summed E-state index contributed by atoms with van der Waals surface area (Å²) < 4.78 is 2.61. The first kappa shape index (κ1) is 16.7. The summed E-state index contributed by atoms with van der Waals surface area (Å²) in [6.07, 6.45) is 0. The molecule has 0 bridgehead atoms. The molecule has 0 fully saturated rings. The number of benzene rings is 2. The van der Waals surface area contributed by atoms with Gasteiger partial charge in [0.05, 0.1) is 5.69 Å². The van der Waals surface area contributed by atoms with Gasteiger partial charge in [0.1, 0.15) is 0 Å². The number of nitrogens with one attached hydrogen (secondary N) is 1. The summed E-state index contributed by atoms with van der Waals surface area (Å²) in [6, 6.07) is 15.0. The highest BCUT2D eigenvalue weighted by atomic mass is 32.1. The van der Waals surface area contributed by atoms with E-state index in [0.717, 1.165) is 17.1 Å². The lowest BCUT2D eigenvalue weighted by molar-refractivity contribution is 0.590. The SMILES string of the molecule is Cc1cc(C)cc(-n2c(-c3ccc(C(C)(C)C)cc3)n[nH]c2=S)c1. The largest absolute Gasteiger partial charge is 0.268 e. The molecule has 0 aliphatic rings. The number of rotatable bonds is 2. The van der Waals surface area contributed by atoms with Crippen molar-refractivity contribution in [3.63, 3.8) is 0 Å². The van der Waals surface area contributed by atoms with Crippen LogP contribution in [0.25, 0.3) is 17.1 Å². The van der Waals surface area contributed by atoms with Gasteiger partial charge >= 0.3 is 0 Å². The Bertz CT molecular complexity index is 905.